The van der Waals surface area contributed by atoms with Crippen molar-refractivity contribution in [1.82, 2.24) is 4.90 Å². The van der Waals surface area contributed by atoms with Crippen molar-refractivity contribution in [2.24, 2.45) is 0 Å². The van der Waals surface area contributed by atoms with E-state index in [4.69, 9.17) is 14.2 Å². The predicted octanol–water partition coefficient (Wildman–Crippen LogP) is 2.02. The van der Waals surface area contributed by atoms with Crippen LogP contribution >= 0.6 is 0 Å². The number of hydrogen-bond acceptors (Lipinski definition) is 5. The lowest BCUT2D eigenvalue weighted by Crippen LogP contribution is -2.41. The van der Waals surface area contributed by atoms with Crippen molar-refractivity contribution in [3.05, 3.63) is 24.3 Å². The molecule has 126 valence electrons. The Morgan fingerprint density at radius 1 is 1.17 bits per heavy atom. The number of methoxy groups -OCH3 is 2. The van der Waals surface area contributed by atoms with Gasteiger partial charge in [0.25, 0.3) is 0 Å². The maximum absolute atomic E-state index is 12.2. The Morgan fingerprint density at radius 3 is 2.52 bits per heavy atom. The fourth-order valence-corrected chi connectivity index (χ4v) is 2.68. The van der Waals surface area contributed by atoms with Crippen LogP contribution in [0.2, 0.25) is 0 Å². The second kappa shape index (κ2) is 8.41. The number of rotatable bonds is 7. The first kappa shape index (κ1) is 17.1. The van der Waals surface area contributed by atoms with Crippen molar-refractivity contribution in [3.8, 4) is 11.5 Å². The Bertz CT molecular complexity index is 528. The van der Waals surface area contributed by atoms with Gasteiger partial charge in [0.05, 0.1) is 20.8 Å². The fraction of sp³-hybridized carbons (Fsp3) is 0.529. The Morgan fingerprint density at radius 2 is 1.87 bits per heavy atom. The van der Waals surface area contributed by atoms with Crippen LogP contribution < -0.4 is 9.47 Å². The van der Waals surface area contributed by atoms with Crippen LogP contribution in [0.5, 0.6) is 11.5 Å². The normalized spacial score (nSPS) is 17.0. The second-order valence-corrected chi connectivity index (χ2v) is 5.40. The monoisotopic (exact) mass is 321 g/mol. The van der Waals surface area contributed by atoms with Gasteiger partial charge in [0.2, 0.25) is 5.91 Å². The Hall–Kier alpha value is -2.24. The van der Waals surface area contributed by atoms with E-state index < -0.39 is 6.04 Å². The van der Waals surface area contributed by atoms with E-state index in [2.05, 4.69) is 0 Å². The van der Waals surface area contributed by atoms with Crippen LogP contribution in [0.4, 0.5) is 0 Å². The predicted molar refractivity (Wildman–Crippen MR) is 84.5 cm³/mol. The third kappa shape index (κ3) is 4.61. The summed E-state index contributed by atoms with van der Waals surface area (Å²) in [6.45, 7) is 1.08. The molecule has 0 radical (unpaired) electrons. The van der Waals surface area contributed by atoms with Crippen LogP contribution in [0.1, 0.15) is 25.7 Å². The number of nitrogens with zero attached hydrogens (tertiary/aromatic N) is 1. The molecule has 0 spiro atoms. The largest absolute Gasteiger partial charge is 0.497 e. The van der Waals surface area contributed by atoms with Gasteiger partial charge in [-0.2, -0.15) is 0 Å². The first-order valence-corrected chi connectivity index (χ1v) is 7.80. The molecule has 1 aromatic rings. The minimum atomic E-state index is -0.421. The molecule has 1 amide bonds. The zero-order chi connectivity index (χ0) is 16.7. The van der Waals surface area contributed by atoms with Gasteiger partial charge in [0.15, 0.2) is 0 Å². The number of benzene rings is 1. The summed E-state index contributed by atoms with van der Waals surface area (Å²) in [5.41, 5.74) is 0. The van der Waals surface area contributed by atoms with Crippen molar-refractivity contribution >= 4 is 11.9 Å². The first-order valence-electron chi connectivity index (χ1n) is 7.80. The van der Waals surface area contributed by atoms with Gasteiger partial charge in [-0.05, 0) is 43.5 Å². The molecule has 1 aromatic carbocycles. The minimum Gasteiger partial charge on any atom is -0.497 e. The van der Waals surface area contributed by atoms with Crippen LogP contribution in [0.3, 0.4) is 0 Å². The van der Waals surface area contributed by atoms with Gasteiger partial charge in [-0.15, -0.1) is 0 Å². The van der Waals surface area contributed by atoms with Gasteiger partial charge in [-0.25, -0.2) is 4.79 Å². The van der Waals surface area contributed by atoms with E-state index in [0.29, 0.717) is 32.4 Å². The molecule has 0 unspecified atom stereocenters. The number of carbonyl (C=O) groups excluding carboxylic acids is 2. The number of carbonyl (C=O) groups is 2. The van der Waals surface area contributed by atoms with E-state index in [1.165, 1.54) is 7.11 Å². The van der Waals surface area contributed by atoms with Gasteiger partial charge in [0.1, 0.15) is 17.5 Å². The summed E-state index contributed by atoms with van der Waals surface area (Å²) in [6, 6.07) is 6.88. The van der Waals surface area contributed by atoms with Crippen molar-refractivity contribution in [3.63, 3.8) is 0 Å². The van der Waals surface area contributed by atoms with E-state index in [0.717, 1.165) is 17.9 Å². The molecule has 6 heteroatoms. The van der Waals surface area contributed by atoms with Gasteiger partial charge in [0, 0.05) is 13.0 Å². The maximum atomic E-state index is 12.2. The van der Waals surface area contributed by atoms with Gasteiger partial charge in [-0.1, -0.05) is 0 Å². The number of esters is 1. The van der Waals surface area contributed by atoms with E-state index in [1.54, 1.807) is 12.0 Å². The molecule has 1 atom stereocenters. The fourth-order valence-electron chi connectivity index (χ4n) is 2.68. The Kier molecular flexibility index (Phi) is 6.26. The Labute approximate surface area is 136 Å². The van der Waals surface area contributed by atoms with E-state index >= 15 is 0 Å². The third-order valence-electron chi connectivity index (χ3n) is 3.91. The quantitative estimate of drug-likeness (QED) is 0.568. The first-order chi connectivity index (χ1) is 11.2. The van der Waals surface area contributed by atoms with Gasteiger partial charge in [-0.3, -0.25) is 4.79 Å². The molecule has 0 aliphatic carbocycles. The van der Waals surface area contributed by atoms with Crippen LogP contribution in [0, 0.1) is 0 Å². The van der Waals surface area contributed by atoms with Crippen LogP contribution in [0.15, 0.2) is 24.3 Å². The van der Waals surface area contributed by atoms with Crippen LogP contribution in [0.25, 0.3) is 0 Å². The van der Waals surface area contributed by atoms with Crippen molar-refractivity contribution in [2.75, 3.05) is 27.4 Å². The van der Waals surface area contributed by atoms with Crippen LogP contribution in [-0.4, -0.2) is 50.2 Å². The molecule has 1 aliphatic rings. The number of hydrogen-bond donors (Lipinski definition) is 0. The lowest BCUT2D eigenvalue weighted by Gasteiger charge is -2.22. The third-order valence-corrected chi connectivity index (χ3v) is 3.91. The molecular formula is C17H23NO5. The summed E-state index contributed by atoms with van der Waals surface area (Å²) in [5, 5.41) is 0. The molecule has 0 bridgehead atoms. The standard InChI is InChI=1S/C17H23NO5/c1-21-13-7-9-14(10-8-13)23-12-4-6-16(19)18-11-3-5-15(18)17(20)22-2/h7-10,15H,3-6,11-12H2,1-2H3/t15-/m0/s1. The van der Waals surface area contributed by atoms with Crippen molar-refractivity contribution < 1.29 is 23.8 Å². The van der Waals surface area contributed by atoms with Crippen molar-refractivity contribution in [2.45, 2.75) is 31.7 Å². The zero-order valence-corrected chi connectivity index (χ0v) is 13.6. The molecule has 1 aliphatic heterocycles. The van der Waals surface area contributed by atoms with E-state index in [1.807, 2.05) is 24.3 Å². The molecule has 0 N–H and O–H groups in total. The summed E-state index contributed by atoms with van der Waals surface area (Å²) in [4.78, 5) is 25.5. The molecule has 1 saturated heterocycles. The molecular weight excluding hydrogens is 298 g/mol. The highest BCUT2D eigenvalue weighted by Gasteiger charge is 2.34. The number of likely N-dealkylation sites (tertiary alicyclic amines) is 1. The maximum Gasteiger partial charge on any atom is 0.328 e. The molecule has 2 rings (SSSR count). The number of amides is 1. The molecule has 1 fully saturated rings. The van der Waals surface area contributed by atoms with Crippen LogP contribution in [-0.2, 0) is 14.3 Å². The van der Waals surface area contributed by atoms with Gasteiger partial charge >= 0.3 is 5.97 Å². The SMILES string of the molecule is COC(=O)[C@@H]1CCCN1C(=O)CCCOc1ccc(OC)cc1. The second-order valence-electron chi connectivity index (χ2n) is 5.40. The van der Waals surface area contributed by atoms with E-state index in [9.17, 15) is 9.59 Å². The van der Waals surface area contributed by atoms with Crippen molar-refractivity contribution in [1.29, 1.82) is 0 Å². The highest BCUT2D eigenvalue weighted by molar-refractivity contribution is 5.85. The topological polar surface area (TPSA) is 65.1 Å². The average Bonchev–Trinajstić information content (AvgIpc) is 3.08. The smallest absolute Gasteiger partial charge is 0.328 e. The summed E-state index contributed by atoms with van der Waals surface area (Å²) in [5.74, 6) is 1.17. The highest BCUT2D eigenvalue weighted by atomic mass is 16.5. The molecule has 6 nitrogen and oxygen atoms in total. The molecule has 0 saturated carbocycles. The molecule has 1 heterocycles. The molecule has 0 aromatic heterocycles. The summed E-state index contributed by atoms with van der Waals surface area (Å²) in [7, 11) is 2.97. The number of ether oxygens (including phenoxy) is 3. The summed E-state index contributed by atoms with van der Waals surface area (Å²) >= 11 is 0. The summed E-state index contributed by atoms with van der Waals surface area (Å²) in [6.07, 6.45) is 2.49. The Balaban J connectivity index is 1.72. The lowest BCUT2D eigenvalue weighted by molar-refractivity contribution is -0.151. The molecule has 23 heavy (non-hydrogen) atoms. The average molecular weight is 321 g/mol. The highest BCUT2D eigenvalue weighted by Crippen LogP contribution is 2.20. The summed E-state index contributed by atoms with van der Waals surface area (Å²) < 4.78 is 15.4. The van der Waals surface area contributed by atoms with Gasteiger partial charge < -0.3 is 19.1 Å². The minimum absolute atomic E-state index is 0.0174. The lowest BCUT2D eigenvalue weighted by atomic mass is 10.2. The zero-order valence-electron chi connectivity index (χ0n) is 13.6. The van der Waals surface area contributed by atoms with E-state index in [-0.39, 0.29) is 11.9 Å².